The van der Waals surface area contributed by atoms with Crippen LogP contribution in [-0.4, -0.2) is 37.8 Å². The van der Waals surface area contributed by atoms with Crippen LogP contribution >= 0.6 is 0 Å². The van der Waals surface area contributed by atoms with E-state index in [4.69, 9.17) is 15.6 Å². The van der Waals surface area contributed by atoms with Gasteiger partial charge in [0.25, 0.3) is 0 Å². The van der Waals surface area contributed by atoms with Gasteiger partial charge in [0.1, 0.15) is 6.61 Å². The third-order valence-corrected chi connectivity index (χ3v) is 2.03. The Morgan fingerprint density at radius 1 is 1.37 bits per heavy atom. The Hall–Kier alpha value is -2.33. The molecule has 0 fully saturated rings. The zero-order valence-electron chi connectivity index (χ0n) is 11.2. The molecule has 0 amide bonds. The lowest BCUT2D eigenvalue weighted by Gasteiger charge is -2.02. The maximum Gasteiger partial charge on any atom is 0.248 e. The second kappa shape index (κ2) is 7.18. The van der Waals surface area contributed by atoms with Crippen molar-refractivity contribution in [2.75, 3.05) is 18.9 Å². The first-order valence-corrected chi connectivity index (χ1v) is 5.86. The third-order valence-electron chi connectivity index (χ3n) is 2.03. The number of anilines is 1. The van der Waals surface area contributed by atoms with Gasteiger partial charge in [0.05, 0.1) is 6.33 Å². The summed E-state index contributed by atoms with van der Waals surface area (Å²) in [6.45, 7) is 3.91. The Balaban J connectivity index is 0.000000861. The zero-order chi connectivity index (χ0) is 14.3. The van der Waals surface area contributed by atoms with E-state index in [0.717, 1.165) is 0 Å². The van der Waals surface area contributed by atoms with E-state index >= 15 is 0 Å². The number of hydrogen-bond acceptors (Lipinski definition) is 6. The van der Waals surface area contributed by atoms with Gasteiger partial charge in [-0.1, -0.05) is 25.7 Å². The minimum absolute atomic E-state index is 0.114. The normalized spacial score (nSPS) is 9.26. The van der Waals surface area contributed by atoms with Gasteiger partial charge in [-0.3, -0.25) is 0 Å². The van der Waals surface area contributed by atoms with Crippen molar-refractivity contribution in [3.05, 3.63) is 6.33 Å². The molecule has 0 spiro atoms. The van der Waals surface area contributed by atoms with Gasteiger partial charge in [0, 0.05) is 7.05 Å². The number of fused-ring (bicyclic) bond motifs is 1. The summed E-state index contributed by atoms with van der Waals surface area (Å²) >= 11 is 0. The predicted molar refractivity (Wildman–Crippen MR) is 72.4 cm³/mol. The third kappa shape index (κ3) is 3.56. The first-order chi connectivity index (χ1) is 9.22. The van der Waals surface area contributed by atoms with E-state index in [0.29, 0.717) is 17.0 Å². The van der Waals surface area contributed by atoms with Gasteiger partial charge in [-0.25, -0.2) is 4.98 Å². The summed E-state index contributed by atoms with van der Waals surface area (Å²) in [5.41, 5.74) is 6.70. The molecule has 19 heavy (non-hydrogen) atoms. The number of aliphatic hydroxyl groups is 1. The smallest absolute Gasteiger partial charge is 0.248 e. The van der Waals surface area contributed by atoms with Crippen LogP contribution in [-0.2, 0) is 7.05 Å². The van der Waals surface area contributed by atoms with Crippen LogP contribution in [0.4, 0.5) is 5.95 Å². The summed E-state index contributed by atoms with van der Waals surface area (Å²) in [7, 11) is 1.80. The zero-order valence-corrected chi connectivity index (χ0v) is 11.2. The molecule has 7 nitrogen and oxygen atoms in total. The fraction of sp³-hybridized carbons (Fsp3) is 0.417. The number of hydrogen-bond donors (Lipinski definition) is 2. The monoisotopic (exact) mass is 263 g/mol. The van der Waals surface area contributed by atoms with Crippen molar-refractivity contribution in [2.24, 2.45) is 7.05 Å². The molecule has 2 aromatic rings. The van der Waals surface area contributed by atoms with E-state index in [1.807, 2.05) is 13.8 Å². The Morgan fingerprint density at radius 3 is 2.79 bits per heavy atom. The molecule has 3 N–H and O–H groups in total. The van der Waals surface area contributed by atoms with Crippen LogP contribution in [0.2, 0.25) is 0 Å². The maximum absolute atomic E-state index is 8.49. The van der Waals surface area contributed by atoms with Crippen LogP contribution in [0.3, 0.4) is 0 Å². The van der Waals surface area contributed by atoms with Gasteiger partial charge in [0.2, 0.25) is 11.8 Å². The largest absolute Gasteiger partial charge is 0.463 e. The van der Waals surface area contributed by atoms with Crippen molar-refractivity contribution >= 4 is 17.1 Å². The standard InChI is InChI=1S/C10H11N5O2.C2H6/c1-15-6-12-7-8(15)13-10(11)14-9(7)17-5-3-2-4-16;1-2/h6,16H,4-5H2,1H3,(H2,11,13,14);1-2H3. The van der Waals surface area contributed by atoms with E-state index in [9.17, 15) is 0 Å². The second-order valence-corrected chi connectivity index (χ2v) is 3.21. The van der Waals surface area contributed by atoms with Crippen molar-refractivity contribution < 1.29 is 9.84 Å². The lowest BCUT2D eigenvalue weighted by molar-refractivity contribution is 0.346. The van der Waals surface area contributed by atoms with Crippen LogP contribution in [0, 0.1) is 11.8 Å². The van der Waals surface area contributed by atoms with Crippen molar-refractivity contribution in [1.82, 2.24) is 19.5 Å². The van der Waals surface area contributed by atoms with Crippen LogP contribution < -0.4 is 10.5 Å². The van der Waals surface area contributed by atoms with Crippen molar-refractivity contribution in [3.63, 3.8) is 0 Å². The van der Waals surface area contributed by atoms with Gasteiger partial charge in [-0.05, 0) is 0 Å². The molecule has 7 heteroatoms. The summed E-state index contributed by atoms with van der Waals surface area (Å²) in [4.78, 5) is 12.1. The molecule has 0 unspecified atom stereocenters. The van der Waals surface area contributed by atoms with Gasteiger partial charge in [0.15, 0.2) is 17.8 Å². The average molecular weight is 263 g/mol. The van der Waals surface area contributed by atoms with Crippen molar-refractivity contribution in [1.29, 1.82) is 0 Å². The Labute approximate surface area is 111 Å². The molecule has 102 valence electrons. The van der Waals surface area contributed by atoms with Crippen molar-refractivity contribution in [3.8, 4) is 17.7 Å². The highest BCUT2D eigenvalue weighted by atomic mass is 16.5. The van der Waals surface area contributed by atoms with Gasteiger partial charge in [-0.15, -0.1) is 0 Å². The molecule has 0 aliphatic carbocycles. The number of nitrogens with zero attached hydrogens (tertiary/aromatic N) is 4. The van der Waals surface area contributed by atoms with Gasteiger partial charge < -0.3 is 20.1 Å². The second-order valence-electron chi connectivity index (χ2n) is 3.21. The quantitative estimate of drug-likeness (QED) is 0.758. The van der Waals surface area contributed by atoms with E-state index in [1.165, 1.54) is 0 Å². The number of imidazole rings is 1. The Bertz CT molecular complexity index is 597. The molecule has 0 saturated heterocycles. The molecule has 0 aromatic carbocycles. The van der Waals surface area contributed by atoms with Crippen LogP contribution in [0.25, 0.3) is 11.2 Å². The Morgan fingerprint density at radius 2 is 2.11 bits per heavy atom. The summed E-state index contributed by atoms with van der Waals surface area (Å²) < 4.78 is 7.05. The lowest BCUT2D eigenvalue weighted by atomic mass is 10.5. The summed E-state index contributed by atoms with van der Waals surface area (Å²) in [5, 5.41) is 8.49. The molecule has 0 bridgehead atoms. The van der Waals surface area contributed by atoms with Gasteiger partial charge >= 0.3 is 0 Å². The topological polar surface area (TPSA) is 99.1 Å². The van der Waals surface area contributed by atoms with E-state index in [1.54, 1.807) is 17.9 Å². The minimum atomic E-state index is -0.200. The molecule has 2 heterocycles. The fourth-order valence-electron chi connectivity index (χ4n) is 1.31. The molecule has 0 radical (unpaired) electrons. The first kappa shape index (κ1) is 14.7. The fourth-order valence-corrected chi connectivity index (χ4v) is 1.31. The Kier molecular flexibility index (Phi) is 5.57. The summed E-state index contributed by atoms with van der Waals surface area (Å²) in [6, 6.07) is 0. The number of aryl methyl sites for hydroxylation is 1. The lowest BCUT2D eigenvalue weighted by Crippen LogP contribution is -2.03. The van der Waals surface area contributed by atoms with E-state index in [-0.39, 0.29) is 19.2 Å². The highest BCUT2D eigenvalue weighted by Gasteiger charge is 2.11. The summed E-state index contributed by atoms with van der Waals surface area (Å²) in [5.74, 6) is 5.49. The van der Waals surface area contributed by atoms with E-state index in [2.05, 4.69) is 26.8 Å². The first-order valence-electron chi connectivity index (χ1n) is 5.86. The molecule has 0 aliphatic rings. The number of nitrogens with two attached hydrogens (primary N) is 1. The minimum Gasteiger partial charge on any atom is -0.463 e. The average Bonchev–Trinajstić information content (AvgIpc) is 2.79. The van der Waals surface area contributed by atoms with Crippen LogP contribution in [0.5, 0.6) is 5.88 Å². The predicted octanol–water partition coefficient (Wildman–Crippen LogP) is 0.346. The molecular weight excluding hydrogens is 246 g/mol. The molecule has 2 aromatic heterocycles. The highest BCUT2D eigenvalue weighted by Crippen LogP contribution is 2.20. The maximum atomic E-state index is 8.49. The van der Waals surface area contributed by atoms with Crippen LogP contribution in [0.15, 0.2) is 6.33 Å². The number of rotatable bonds is 2. The number of aliphatic hydroxyl groups excluding tert-OH is 1. The highest BCUT2D eigenvalue weighted by molar-refractivity contribution is 5.77. The van der Waals surface area contributed by atoms with E-state index < -0.39 is 0 Å². The molecule has 0 aliphatic heterocycles. The molecule has 2 rings (SSSR count). The number of ether oxygens (including phenoxy) is 1. The number of aromatic nitrogens is 4. The number of nitrogen functional groups attached to an aromatic ring is 1. The molecular formula is C12H17N5O2. The summed E-state index contributed by atoms with van der Waals surface area (Å²) in [6.07, 6.45) is 1.60. The molecule has 0 saturated carbocycles. The van der Waals surface area contributed by atoms with Gasteiger partial charge in [-0.2, -0.15) is 9.97 Å². The molecule has 0 atom stereocenters. The van der Waals surface area contributed by atoms with Crippen LogP contribution in [0.1, 0.15) is 13.8 Å². The van der Waals surface area contributed by atoms with Crippen molar-refractivity contribution in [2.45, 2.75) is 13.8 Å². The SMILES string of the molecule is CC.Cn1cnc2c(OCC#CCO)nc(N)nc21.